The van der Waals surface area contributed by atoms with Crippen LogP contribution in [0.4, 0.5) is 0 Å². The molecule has 0 radical (unpaired) electrons. The lowest BCUT2D eigenvalue weighted by Crippen LogP contribution is -2.53. The maximum Gasteiger partial charge on any atom is 0.248 e. The number of nitrogens with zero attached hydrogens (tertiary/aromatic N) is 1. The van der Waals surface area contributed by atoms with E-state index in [1.54, 1.807) is 0 Å². The van der Waals surface area contributed by atoms with Crippen LogP contribution in [-0.4, -0.2) is 11.3 Å². The smallest absolute Gasteiger partial charge is 0.248 e. The Kier molecular flexibility index (Phi) is 3.02. The summed E-state index contributed by atoms with van der Waals surface area (Å²) in [4.78, 5) is 0. The van der Waals surface area contributed by atoms with Crippen molar-refractivity contribution in [3.8, 4) is 27.9 Å². The van der Waals surface area contributed by atoms with Gasteiger partial charge < -0.3 is 4.57 Å². The second kappa shape index (κ2) is 5.80. The van der Waals surface area contributed by atoms with E-state index in [4.69, 9.17) is 0 Å². The van der Waals surface area contributed by atoms with E-state index in [1.165, 1.54) is 66.1 Å². The molecule has 0 spiro atoms. The van der Waals surface area contributed by atoms with Gasteiger partial charge in [0.2, 0.25) is 6.71 Å². The molecule has 5 aromatic carbocycles. The van der Waals surface area contributed by atoms with E-state index in [0.29, 0.717) is 6.71 Å². The topological polar surface area (TPSA) is 4.93 Å². The van der Waals surface area contributed by atoms with Gasteiger partial charge in [-0.1, -0.05) is 96.5 Å². The molecule has 0 amide bonds. The predicted octanol–water partition coefficient (Wildman–Crippen LogP) is 5.26. The molecule has 0 atom stereocenters. The van der Waals surface area contributed by atoms with Crippen molar-refractivity contribution in [1.82, 2.24) is 4.57 Å². The van der Waals surface area contributed by atoms with Gasteiger partial charge in [-0.3, -0.25) is 0 Å². The summed E-state index contributed by atoms with van der Waals surface area (Å²) in [5, 5.41) is 2.67. The third-order valence-electron chi connectivity index (χ3n) is 7.41. The molecule has 0 unspecified atom stereocenters. The van der Waals surface area contributed by atoms with Gasteiger partial charge in [0, 0.05) is 22.0 Å². The van der Waals surface area contributed by atoms with Gasteiger partial charge in [-0.05, 0) is 51.4 Å². The maximum absolute atomic E-state index is 2.51. The van der Waals surface area contributed by atoms with Crippen LogP contribution in [-0.2, 0) is 0 Å². The van der Waals surface area contributed by atoms with Gasteiger partial charge in [-0.25, -0.2) is 0 Å². The summed E-state index contributed by atoms with van der Waals surface area (Å²) in [7, 11) is 0. The van der Waals surface area contributed by atoms with Crippen molar-refractivity contribution in [1.29, 1.82) is 0 Å². The highest BCUT2D eigenvalue weighted by atomic mass is 15.0. The zero-order valence-electron chi connectivity index (χ0n) is 17.4. The zero-order chi connectivity index (χ0) is 20.8. The van der Waals surface area contributed by atoms with E-state index in [0.717, 1.165) is 0 Å². The third-order valence-corrected chi connectivity index (χ3v) is 7.41. The minimum Gasteiger partial charge on any atom is -0.310 e. The summed E-state index contributed by atoms with van der Waals surface area (Å²) in [5.41, 5.74) is 13.6. The van der Waals surface area contributed by atoms with Crippen LogP contribution in [0.25, 0.3) is 49.7 Å². The normalized spacial score (nSPS) is 12.9. The van der Waals surface area contributed by atoms with Crippen molar-refractivity contribution in [2.75, 3.05) is 0 Å². The molecule has 32 heavy (non-hydrogen) atoms. The van der Waals surface area contributed by atoms with Gasteiger partial charge in [0.15, 0.2) is 0 Å². The Morgan fingerprint density at radius 3 is 2.25 bits per heavy atom. The van der Waals surface area contributed by atoms with Gasteiger partial charge in [0.1, 0.15) is 0 Å². The van der Waals surface area contributed by atoms with Gasteiger partial charge in [-0.15, -0.1) is 0 Å². The molecule has 0 bridgehead atoms. The summed E-state index contributed by atoms with van der Waals surface area (Å²) in [6, 6.07) is 40.3. The molecule has 2 aliphatic rings. The van der Waals surface area contributed by atoms with E-state index < -0.39 is 0 Å². The molecule has 0 saturated carbocycles. The number of para-hydroxylation sites is 1. The Bertz CT molecular complexity index is 1730. The average Bonchev–Trinajstić information content (AvgIpc) is 3.38. The van der Waals surface area contributed by atoms with Gasteiger partial charge in [-0.2, -0.15) is 0 Å². The number of hydrogen-bond donors (Lipinski definition) is 0. The fourth-order valence-corrected chi connectivity index (χ4v) is 6.15. The third kappa shape index (κ3) is 1.91. The highest BCUT2D eigenvalue weighted by Crippen LogP contribution is 2.38. The molecule has 0 fully saturated rings. The van der Waals surface area contributed by atoms with Crippen molar-refractivity contribution >= 4 is 44.9 Å². The second-order valence-electron chi connectivity index (χ2n) is 8.94. The van der Waals surface area contributed by atoms with E-state index in [2.05, 4.69) is 114 Å². The van der Waals surface area contributed by atoms with Gasteiger partial charge >= 0.3 is 0 Å². The SMILES string of the molecule is c1ccc(-c2ccc3c(c2)c2cccc4c2n3-c2cccc3c2B4c2ccccc2-3)cc1. The van der Waals surface area contributed by atoms with E-state index in [-0.39, 0.29) is 0 Å². The monoisotopic (exact) mass is 403 g/mol. The first-order valence-corrected chi connectivity index (χ1v) is 11.3. The Morgan fingerprint density at radius 1 is 0.531 bits per heavy atom. The van der Waals surface area contributed by atoms with Crippen molar-refractivity contribution in [3.63, 3.8) is 0 Å². The summed E-state index contributed by atoms with van der Waals surface area (Å²) in [5.74, 6) is 0. The fraction of sp³-hybridized carbons (Fsp3) is 0. The lowest BCUT2D eigenvalue weighted by molar-refractivity contribution is 1.19. The first-order valence-electron chi connectivity index (χ1n) is 11.3. The molecule has 0 saturated heterocycles. The highest BCUT2D eigenvalue weighted by molar-refractivity contribution is 7.01. The van der Waals surface area contributed by atoms with Crippen LogP contribution < -0.4 is 16.4 Å². The van der Waals surface area contributed by atoms with Crippen molar-refractivity contribution in [2.24, 2.45) is 0 Å². The summed E-state index contributed by atoms with van der Waals surface area (Å²) in [6.45, 7) is 0.312. The molecule has 6 aromatic rings. The molecule has 3 heterocycles. The van der Waals surface area contributed by atoms with Crippen LogP contribution in [0.1, 0.15) is 0 Å². The standard InChI is InChI=1S/C30H18BN/c1-2-8-19(9-3-1)20-16-17-27-24(18-20)23-12-6-14-26-30(23)32(27)28-15-7-11-22-21-10-4-5-13-25(21)31(26)29(22)28/h1-18H. The van der Waals surface area contributed by atoms with Gasteiger partial charge in [0.25, 0.3) is 0 Å². The van der Waals surface area contributed by atoms with Crippen LogP contribution in [0.2, 0.25) is 0 Å². The molecular formula is C30H18BN. The number of hydrogen-bond acceptors (Lipinski definition) is 0. The number of fused-ring (bicyclic) bond motifs is 8. The Morgan fingerprint density at radius 2 is 1.31 bits per heavy atom. The van der Waals surface area contributed by atoms with Crippen LogP contribution in [0.5, 0.6) is 0 Å². The maximum atomic E-state index is 2.51. The quantitative estimate of drug-likeness (QED) is 0.330. The van der Waals surface area contributed by atoms with Crippen LogP contribution >= 0.6 is 0 Å². The first kappa shape index (κ1) is 16.6. The minimum absolute atomic E-state index is 0.312. The molecule has 1 aromatic heterocycles. The molecule has 2 heteroatoms. The van der Waals surface area contributed by atoms with Crippen molar-refractivity contribution in [2.45, 2.75) is 0 Å². The number of rotatable bonds is 1. The lowest BCUT2D eigenvalue weighted by Gasteiger charge is -2.24. The highest BCUT2D eigenvalue weighted by Gasteiger charge is 2.40. The minimum atomic E-state index is 0.312. The summed E-state index contributed by atoms with van der Waals surface area (Å²) >= 11 is 0. The van der Waals surface area contributed by atoms with E-state index in [1.807, 2.05) is 0 Å². The summed E-state index contributed by atoms with van der Waals surface area (Å²) < 4.78 is 2.51. The predicted molar refractivity (Wildman–Crippen MR) is 136 cm³/mol. The van der Waals surface area contributed by atoms with Crippen LogP contribution in [0.15, 0.2) is 109 Å². The molecule has 146 valence electrons. The first-order chi connectivity index (χ1) is 15.9. The molecule has 8 rings (SSSR count). The lowest BCUT2D eigenvalue weighted by atomic mass is 9.37. The van der Waals surface area contributed by atoms with Crippen molar-refractivity contribution < 1.29 is 0 Å². The average molecular weight is 403 g/mol. The number of benzene rings is 5. The number of aromatic nitrogens is 1. The fourth-order valence-electron chi connectivity index (χ4n) is 6.15. The molecule has 0 N–H and O–H groups in total. The summed E-state index contributed by atoms with van der Waals surface area (Å²) in [6.07, 6.45) is 0. The van der Waals surface area contributed by atoms with E-state index in [9.17, 15) is 0 Å². The van der Waals surface area contributed by atoms with Crippen LogP contribution in [0.3, 0.4) is 0 Å². The van der Waals surface area contributed by atoms with Crippen LogP contribution in [0, 0.1) is 0 Å². The Hall–Kier alpha value is -4.04. The molecule has 1 nitrogen and oxygen atoms in total. The largest absolute Gasteiger partial charge is 0.310 e. The molecule has 0 aliphatic carbocycles. The zero-order valence-corrected chi connectivity index (χ0v) is 17.4. The molecule has 2 aliphatic heterocycles. The molecular weight excluding hydrogens is 385 g/mol. The van der Waals surface area contributed by atoms with Gasteiger partial charge in [0.05, 0.1) is 5.52 Å². The Balaban J connectivity index is 1.53. The van der Waals surface area contributed by atoms with E-state index >= 15 is 0 Å². The van der Waals surface area contributed by atoms with Crippen molar-refractivity contribution in [3.05, 3.63) is 109 Å². The Labute approximate surface area is 186 Å². The second-order valence-corrected chi connectivity index (χ2v) is 8.94.